The van der Waals surface area contributed by atoms with Crippen LogP contribution in [0.3, 0.4) is 0 Å². The summed E-state index contributed by atoms with van der Waals surface area (Å²) in [5.41, 5.74) is 0.828. The molecule has 0 aromatic heterocycles. The molecule has 2 N–H and O–H groups in total. The molecule has 0 heterocycles. The lowest BCUT2D eigenvalue weighted by molar-refractivity contribution is -0.132. The molecule has 2 unspecified atom stereocenters. The molecular formula is C15H23NO3. The van der Waals surface area contributed by atoms with Gasteiger partial charge in [-0.1, -0.05) is 44.2 Å². The summed E-state index contributed by atoms with van der Waals surface area (Å²) in [5, 5.41) is 12.0. The second-order valence-electron chi connectivity index (χ2n) is 4.90. The van der Waals surface area contributed by atoms with Crippen LogP contribution in [-0.4, -0.2) is 30.8 Å². The number of carbonyl (C=O) groups excluding carboxylic acids is 1. The third kappa shape index (κ3) is 4.65. The van der Waals surface area contributed by atoms with Crippen molar-refractivity contribution in [2.24, 2.45) is 5.92 Å². The molecule has 0 spiro atoms. The van der Waals surface area contributed by atoms with E-state index in [0.717, 1.165) is 5.56 Å². The van der Waals surface area contributed by atoms with Gasteiger partial charge in [0, 0.05) is 19.8 Å². The summed E-state index contributed by atoms with van der Waals surface area (Å²) in [6.07, 6.45) is -0.0598. The normalized spacial score (nSPS) is 14.2. The van der Waals surface area contributed by atoms with E-state index >= 15 is 0 Å². The summed E-state index contributed by atoms with van der Waals surface area (Å²) in [6, 6.07) is 9.34. The first kappa shape index (κ1) is 15.7. The fourth-order valence-corrected chi connectivity index (χ4v) is 1.99. The van der Waals surface area contributed by atoms with Crippen LogP contribution in [0.5, 0.6) is 0 Å². The Kier molecular flexibility index (Phi) is 6.53. The molecule has 19 heavy (non-hydrogen) atoms. The summed E-state index contributed by atoms with van der Waals surface area (Å²) < 4.78 is 5.28. The maximum Gasteiger partial charge on any atom is 0.253 e. The summed E-state index contributed by atoms with van der Waals surface area (Å²) in [5.74, 6) is 0.102. The average molecular weight is 265 g/mol. The van der Waals surface area contributed by atoms with E-state index in [0.29, 0.717) is 6.42 Å². The van der Waals surface area contributed by atoms with Gasteiger partial charge in [-0.15, -0.1) is 0 Å². The molecule has 0 fully saturated rings. The number of aliphatic hydroxyl groups is 1. The van der Waals surface area contributed by atoms with Crippen molar-refractivity contribution < 1.29 is 14.6 Å². The number of aliphatic hydroxyl groups excluding tert-OH is 1. The van der Waals surface area contributed by atoms with Crippen molar-refractivity contribution in [3.8, 4) is 0 Å². The molecular weight excluding hydrogens is 242 g/mol. The fourth-order valence-electron chi connectivity index (χ4n) is 1.99. The Labute approximate surface area is 114 Å². The number of methoxy groups -OCH3 is 1. The van der Waals surface area contributed by atoms with E-state index in [1.165, 1.54) is 7.11 Å². The smallest absolute Gasteiger partial charge is 0.253 e. The van der Waals surface area contributed by atoms with Gasteiger partial charge in [-0.25, -0.2) is 0 Å². The summed E-state index contributed by atoms with van der Waals surface area (Å²) in [4.78, 5) is 12.2. The fraction of sp³-hybridized carbons (Fsp3) is 0.533. The van der Waals surface area contributed by atoms with E-state index in [1.54, 1.807) is 0 Å². The van der Waals surface area contributed by atoms with E-state index in [2.05, 4.69) is 5.32 Å². The standard InChI is InChI=1S/C15H23NO3/c1-11(2)13(9-10-17)16-15(18)14(19-3)12-7-5-4-6-8-12/h4-8,11,13-14,17H,9-10H2,1-3H3,(H,16,18). The third-order valence-electron chi connectivity index (χ3n) is 3.15. The van der Waals surface area contributed by atoms with Crippen LogP contribution in [0, 0.1) is 5.92 Å². The van der Waals surface area contributed by atoms with E-state index < -0.39 is 6.10 Å². The monoisotopic (exact) mass is 265 g/mol. The largest absolute Gasteiger partial charge is 0.396 e. The molecule has 2 atom stereocenters. The highest BCUT2D eigenvalue weighted by Crippen LogP contribution is 2.17. The molecule has 4 nitrogen and oxygen atoms in total. The molecule has 0 radical (unpaired) electrons. The SMILES string of the molecule is COC(C(=O)NC(CCO)C(C)C)c1ccccc1. The number of benzene rings is 1. The van der Waals surface area contributed by atoms with E-state index in [9.17, 15) is 4.79 Å². The van der Waals surface area contributed by atoms with Crippen molar-refractivity contribution in [2.75, 3.05) is 13.7 Å². The number of hydrogen-bond acceptors (Lipinski definition) is 3. The number of hydrogen-bond donors (Lipinski definition) is 2. The van der Waals surface area contributed by atoms with Gasteiger partial charge in [-0.3, -0.25) is 4.79 Å². The van der Waals surface area contributed by atoms with Crippen LogP contribution in [0.2, 0.25) is 0 Å². The number of rotatable bonds is 7. The van der Waals surface area contributed by atoms with Gasteiger partial charge in [-0.05, 0) is 17.9 Å². The van der Waals surface area contributed by atoms with Crippen LogP contribution >= 0.6 is 0 Å². The number of amides is 1. The highest BCUT2D eigenvalue weighted by Gasteiger charge is 2.23. The van der Waals surface area contributed by atoms with Gasteiger partial charge >= 0.3 is 0 Å². The molecule has 1 aromatic carbocycles. The summed E-state index contributed by atoms with van der Waals surface area (Å²) >= 11 is 0. The number of nitrogens with one attached hydrogen (secondary N) is 1. The Morgan fingerprint density at radius 3 is 2.42 bits per heavy atom. The minimum absolute atomic E-state index is 0.0427. The lowest BCUT2D eigenvalue weighted by Gasteiger charge is -2.24. The van der Waals surface area contributed by atoms with Crippen molar-refractivity contribution in [1.29, 1.82) is 0 Å². The molecule has 0 aliphatic rings. The number of carbonyl (C=O) groups is 1. The summed E-state index contributed by atoms with van der Waals surface area (Å²) in [6.45, 7) is 4.10. The highest BCUT2D eigenvalue weighted by atomic mass is 16.5. The maximum atomic E-state index is 12.2. The first-order chi connectivity index (χ1) is 9.10. The molecule has 106 valence electrons. The second kappa shape index (κ2) is 7.92. The predicted octanol–water partition coefficient (Wildman–Crippen LogP) is 1.90. The van der Waals surface area contributed by atoms with Crippen LogP contribution in [-0.2, 0) is 9.53 Å². The van der Waals surface area contributed by atoms with E-state index in [4.69, 9.17) is 9.84 Å². The van der Waals surface area contributed by atoms with Crippen LogP contribution in [0.1, 0.15) is 31.9 Å². The predicted molar refractivity (Wildman–Crippen MR) is 74.7 cm³/mol. The van der Waals surface area contributed by atoms with Gasteiger partial charge in [0.05, 0.1) is 0 Å². The average Bonchev–Trinajstić information content (AvgIpc) is 2.40. The molecule has 0 bridgehead atoms. The van der Waals surface area contributed by atoms with Gasteiger partial charge in [0.15, 0.2) is 6.10 Å². The zero-order valence-electron chi connectivity index (χ0n) is 11.8. The lowest BCUT2D eigenvalue weighted by Crippen LogP contribution is -2.42. The Morgan fingerprint density at radius 1 is 1.32 bits per heavy atom. The third-order valence-corrected chi connectivity index (χ3v) is 3.15. The minimum atomic E-state index is -0.610. The first-order valence-corrected chi connectivity index (χ1v) is 6.59. The van der Waals surface area contributed by atoms with Crippen LogP contribution in [0.15, 0.2) is 30.3 Å². The molecule has 1 amide bonds. The lowest BCUT2D eigenvalue weighted by atomic mass is 10.0. The van der Waals surface area contributed by atoms with Crippen molar-refractivity contribution in [3.05, 3.63) is 35.9 Å². The Balaban J connectivity index is 2.74. The maximum absolute atomic E-state index is 12.2. The summed E-state index contributed by atoms with van der Waals surface area (Å²) in [7, 11) is 1.52. The molecule has 0 aliphatic heterocycles. The molecule has 0 saturated heterocycles. The van der Waals surface area contributed by atoms with E-state index in [1.807, 2.05) is 44.2 Å². The van der Waals surface area contributed by atoms with Gasteiger partial charge in [0.25, 0.3) is 5.91 Å². The molecule has 0 aliphatic carbocycles. The zero-order valence-corrected chi connectivity index (χ0v) is 11.8. The number of ether oxygens (including phenoxy) is 1. The topological polar surface area (TPSA) is 58.6 Å². The van der Waals surface area contributed by atoms with Crippen molar-refractivity contribution in [1.82, 2.24) is 5.32 Å². The quantitative estimate of drug-likeness (QED) is 0.791. The van der Waals surface area contributed by atoms with Crippen LogP contribution < -0.4 is 5.32 Å². The van der Waals surface area contributed by atoms with Crippen LogP contribution in [0.25, 0.3) is 0 Å². The minimum Gasteiger partial charge on any atom is -0.396 e. The van der Waals surface area contributed by atoms with Crippen molar-refractivity contribution >= 4 is 5.91 Å². The van der Waals surface area contributed by atoms with Gasteiger partial charge in [-0.2, -0.15) is 0 Å². The molecule has 4 heteroatoms. The van der Waals surface area contributed by atoms with Crippen molar-refractivity contribution in [2.45, 2.75) is 32.4 Å². The van der Waals surface area contributed by atoms with Gasteiger partial charge in [0.2, 0.25) is 0 Å². The highest BCUT2D eigenvalue weighted by molar-refractivity contribution is 5.82. The van der Waals surface area contributed by atoms with Crippen LogP contribution in [0.4, 0.5) is 0 Å². The Morgan fingerprint density at radius 2 is 1.95 bits per heavy atom. The first-order valence-electron chi connectivity index (χ1n) is 6.59. The van der Waals surface area contributed by atoms with Crippen molar-refractivity contribution in [3.63, 3.8) is 0 Å². The van der Waals surface area contributed by atoms with Gasteiger partial charge in [0.1, 0.15) is 0 Å². The Hall–Kier alpha value is -1.39. The van der Waals surface area contributed by atoms with E-state index in [-0.39, 0.29) is 24.5 Å². The second-order valence-corrected chi connectivity index (χ2v) is 4.90. The Bertz CT molecular complexity index is 378. The van der Waals surface area contributed by atoms with Gasteiger partial charge < -0.3 is 15.2 Å². The molecule has 1 aromatic rings. The molecule has 0 saturated carbocycles. The molecule has 1 rings (SSSR count). The zero-order chi connectivity index (χ0) is 14.3.